The number of H-pyrrole nitrogens is 1. The molecule has 3 aromatic rings. The van der Waals surface area contributed by atoms with E-state index in [0.717, 1.165) is 40.3 Å². The molecule has 1 aromatic heterocycles. The largest absolute Gasteiger partial charge is 0.343 e. The van der Waals surface area contributed by atoms with Gasteiger partial charge in [0.25, 0.3) is 5.56 Å². The van der Waals surface area contributed by atoms with E-state index in [1.54, 1.807) is 16.4 Å². The van der Waals surface area contributed by atoms with Crippen LogP contribution < -0.4 is 10.9 Å². The molecule has 0 spiro atoms. The fourth-order valence-corrected chi connectivity index (χ4v) is 4.73. The van der Waals surface area contributed by atoms with Gasteiger partial charge in [-0.05, 0) is 48.9 Å². The molecule has 5 nitrogen and oxygen atoms in total. The fourth-order valence-electron chi connectivity index (χ4n) is 4.33. The first-order chi connectivity index (χ1) is 14.2. The number of nitrogens with one attached hydrogen (secondary N) is 2. The van der Waals surface area contributed by atoms with Crippen LogP contribution in [-0.2, 0) is 4.79 Å². The second-order valence-corrected chi connectivity index (χ2v) is 8.26. The van der Waals surface area contributed by atoms with Crippen LogP contribution in [0.15, 0.2) is 75.6 Å². The maximum Gasteiger partial charge on any atom is 0.277 e. The van der Waals surface area contributed by atoms with E-state index in [9.17, 15) is 9.59 Å². The van der Waals surface area contributed by atoms with Crippen molar-refractivity contribution in [1.29, 1.82) is 0 Å². The summed E-state index contributed by atoms with van der Waals surface area (Å²) in [5, 5.41) is 6.59. The number of para-hydroxylation sites is 1. The Morgan fingerprint density at radius 2 is 1.76 bits per heavy atom. The monoisotopic (exact) mass is 403 g/mol. The lowest BCUT2D eigenvalue weighted by atomic mass is 9.77. The van der Waals surface area contributed by atoms with Gasteiger partial charge in [0.15, 0.2) is 5.78 Å². The molecule has 0 amide bonds. The number of fused-ring (bicyclic) bond motifs is 1. The molecular formula is C23H21N3O2S. The van der Waals surface area contributed by atoms with Gasteiger partial charge in [0, 0.05) is 28.5 Å². The van der Waals surface area contributed by atoms with Crippen molar-refractivity contribution >= 4 is 23.4 Å². The molecule has 0 saturated heterocycles. The highest BCUT2D eigenvalue weighted by atomic mass is 32.2. The Bertz CT molecular complexity index is 1170. The molecular weight excluding hydrogens is 382 g/mol. The average molecular weight is 404 g/mol. The predicted octanol–water partition coefficient (Wildman–Crippen LogP) is 4.45. The quantitative estimate of drug-likeness (QED) is 0.634. The smallest absolute Gasteiger partial charge is 0.277 e. The molecule has 1 aliphatic carbocycles. The van der Waals surface area contributed by atoms with E-state index in [-0.39, 0.29) is 17.3 Å². The fraction of sp³-hybridized carbons (Fsp3) is 0.217. The summed E-state index contributed by atoms with van der Waals surface area (Å²) in [6, 6.07) is 17.7. The maximum atomic E-state index is 13.5. The van der Waals surface area contributed by atoms with Gasteiger partial charge in [-0.2, -0.15) is 0 Å². The third-order valence-electron chi connectivity index (χ3n) is 5.70. The summed E-state index contributed by atoms with van der Waals surface area (Å²) in [6.45, 7) is 0. The molecule has 2 heterocycles. The van der Waals surface area contributed by atoms with E-state index in [0.29, 0.717) is 17.8 Å². The second kappa shape index (κ2) is 7.12. The third-order valence-corrected chi connectivity index (χ3v) is 6.44. The topological polar surface area (TPSA) is 66.9 Å². The van der Waals surface area contributed by atoms with Crippen LogP contribution in [0.2, 0.25) is 0 Å². The third kappa shape index (κ3) is 2.95. The number of Topliss-reactive ketones (excluding diaryl/α,β-unsaturated/α-hetero) is 1. The highest BCUT2D eigenvalue weighted by Crippen LogP contribution is 2.43. The Balaban J connectivity index is 1.72. The lowest BCUT2D eigenvalue weighted by molar-refractivity contribution is -0.116. The Morgan fingerprint density at radius 3 is 2.48 bits per heavy atom. The average Bonchev–Trinajstić information content (AvgIpc) is 3.09. The van der Waals surface area contributed by atoms with E-state index in [4.69, 9.17) is 0 Å². The Hall–Kier alpha value is -2.99. The summed E-state index contributed by atoms with van der Waals surface area (Å²) in [4.78, 5) is 27.5. The second-order valence-electron chi connectivity index (χ2n) is 7.38. The molecule has 2 aromatic carbocycles. The zero-order valence-electron chi connectivity index (χ0n) is 16.1. The van der Waals surface area contributed by atoms with Crippen molar-refractivity contribution in [2.24, 2.45) is 0 Å². The first kappa shape index (κ1) is 18.1. The molecule has 2 aliphatic rings. The Kier molecular flexibility index (Phi) is 4.43. The van der Waals surface area contributed by atoms with Gasteiger partial charge >= 0.3 is 0 Å². The van der Waals surface area contributed by atoms with Crippen molar-refractivity contribution in [3.63, 3.8) is 0 Å². The number of anilines is 1. The first-order valence-corrected chi connectivity index (χ1v) is 11.0. The zero-order valence-corrected chi connectivity index (χ0v) is 16.9. The number of aromatic nitrogens is 2. The SMILES string of the molecule is CSc1ccc(C2C3=C(CCCC3=O)Nc3[nH]n(-c4ccccc4)c(=O)c32)cc1. The van der Waals surface area contributed by atoms with Crippen molar-refractivity contribution < 1.29 is 4.79 Å². The predicted molar refractivity (Wildman–Crippen MR) is 116 cm³/mol. The summed E-state index contributed by atoms with van der Waals surface area (Å²) in [6.07, 6.45) is 4.22. The highest BCUT2D eigenvalue weighted by molar-refractivity contribution is 7.98. The van der Waals surface area contributed by atoms with Crippen molar-refractivity contribution in [2.45, 2.75) is 30.1 Å². The Labute approximate surface area is 172 Å². The number of thioether (sulfide) groups is 1. The van der Waals surface area contributed by atoms with Crippen LogP contribution in [0.1, 0.15) is 36.3 Å². The van der Waals surface area contributed by atoms with Gasteiger partial charge in [-0.15, -0.1) is 11.8 Å². The summed E-state index contributed by atoms with van der Waals surface area (Å²) in [7, 11) is 0. The number of hydrogen-bond donors (Lipinski definition) is 2. The first-order valence-electron chi connectivity index (χ1n) is 9.75. The number of carbonyl (C=O) groups is 1. The van der Waals surface area contributed by atoms with Gasteiger partial charge in [-0.1, -0.05) is 30.3 Å². The van der Waals surface area contributed by atoms with Gasteiger partial charge in [-0.25, -0.2) is 4.68 Å². The molecule has 0 saturated carbocycles. The summed E-state index contributed by atoms with van der Waals surface area (Å²) in [5.41, 5.74) is 3.92. The van der Waals surface area contributed by atoms with Crippen LogP contribution in [-0.4, -0.2) is 21.8 Å². The number of rotatable bonds is 3. The summed E-state index contributed by atoms with van der Waals surface area (Å²) in [5.74, 6) is 0.472. The molecule has 0 radical (unpaired) electrons. The van der Waals surface area contributed by atoms with Crippen molar-refractivity contribution in [3.8, 4) is 5.69 Å². The molecule has 2 N–H and O–H groups in total. The van der Waals surface area contributed by atoms with Crippen LogP contribution >= 0.6 is 11.8 Å². The van der Waals surface area contributed by atoms with Crippen LogP contribution in [0.5, 0.6) is 0 Å². The number of ketones is 1. The van der Waals surface area contributed by atoms with Gasteiger partial charge in [0.2, 0.25) is 0 Å². The van der Waals surface area contributed by atoms with Crippen molar-refractivity contribution in [3.05, 3.63) is 87.3 Å². The number of benzene rings is 2. The lowest BCUT2D eigenvalue weighted by Crippen LogP contribution is -2.29. The van der Waals surface area contributed by atoms with E-state index < -0.39 is 0 Å². The molecule has 29 heavy (non-hydrogen) atoms. The molecule has 6 heteroatoms. The van der Waals surface area contributed by atoms with E-state index in [1.807, 2.05) is 48.7 Å². The number of carbonyl (C=O) groups excluding carboxylic acids is 1. The standard InChI is InChI=1S/C23H21N3O2S/c1-29-16-12-10-14(11-13-16)19-20-17(8-5-9-18(20)27)24-22-21(19)23(28)26(25-22)15-6-3-2-4-7-15/h2-4,6-7,10-13,19,24-25H,5,8-9H2,1H3. The molecule has 1 atom stereocenters. The van der Waals surface area contributed by atoms with Crippen molar-refractivity contribution in [2.75, 3.05) is 11.6 Å². The highest BCUT2D eigenvalue weighted by Gasteiger charge is 2.38. The molecule has 146 valence electrons. The lowest BCUT2D eigenvalue weighted by Gasteiger charge is -2.31. The number of aromatic amines is 1. The van der Waals surface area contributed by atoms with Crippen LogP contribution in [0.25, 0.3) is 5.69 Å². The van der Waals surface area contributed by atoms with Gasteiger partial charge in [0.05, 0.1) is 11.3 Å². The van der Waals surface area contributed by atoms with Crippen molar-refractivity contribution in [1.82, 2.24) is 9.78 Å². The van der Waals surface area contributed by atoms with Crippen LogP contribution in [0, 0.1) is 0 Å². The summed E-state index contributed by atoms with van der Waals surface area (Å²) < 4.78 is 1.56. The minimum Gasteiger partial charge on any atom is -0.343 e. The summed E-state index contributed by atoms with van der Waals surface area (Å²) >= 11 is 1.67. The molecule has 5 rings (SSSR count). The molecule has 1 aliphatic heterocycles. The van der Waals surface area contributed by atoms with E-state index in [1.165, 1.54) is 0 Å². The minimum absolute atomic E-state index is 0.123. The van der Waals surface area contributed by atoms with E-state index >= 15 is 0 Å². The molecule has 0 fully saturated rings. The van der Waals surface area contributed by atoms with Gasteiger partial charge in [0.1, 0.15) is 5.82 Å². The maximum absolute atomic E-state index is 13.5. The van der Waals surface area contributed by atoms with E-state index in [2.05, 4.69) is 22.5 Å². The van der Waals surface area contributed by atoms with Gasteiger partial charge < -0.3 is 5.32 Å². The van der Waals surface area contributed by atoms with Crippen LogP contribution in [0.4, 0.5) is 5.82 Å². The van der Waals surface area contributed by atoms with Gasteiger partial charge in [-0.3, -0.25) is 14.7 Å². The Morgan fingerprint density at radius 1 is 1.00 bits per heavy atom. The molecule has 1 unspecified atom stereocenters. The number of hydrogen-bond acceptors (Lipinski definition) is 4. The zero-order chi connectivity index (χ0) is 20.0. The molecule has 0 bridgehead atoms. The van der Waals surface area contributed by atoms with Crippen LogP contribution in [0.3, 0.4) is 0 Å². The number of nitrogens with zero attached hydrogens (tertiary/aromatic N) is 1. The normalized spacial score (nSPS) is 18.2. The number of allylic oxidation sites excluding steroid dienone is 2. The minimum atomic E-state index is -0.348.